The number of esters is 1. The molecule has 2 rings (SSSR count). The summed E-state index contributed by atoms with van der Waals surface area (Å²) in [6.45, 7) is 1.46. The molecule has 2 aromatic rings. The van der Waals surface area contributed by atoms with Gasteiger partial charge in [0.25, 0.3) is 5.91 Å². The van der Waals surface area contributed by atoms with Gasteiger partial charge in [0.2, 0.25) is 0 Å². The first-order valence-electron chi connectivity index (χ1n) is 7.46. The maximum absolute atomic E-state index is 12.1. The molecule has 1 atom stereocenters. The molecule has 132 valence electrons. The molecule has 7 heteroatoms. The van der Waals surface area contributed by atoms with Crippen LogP contribution in [-0.2, 0) is 9.53 Å². The molecule has 1 N–H and O–H groups in total. The number of benzene rings is 2. The molecule has 2 aromatic carbocycles. The first-order chi connectivity index (χ1) is 11.9. The lowest BCUT2D eigenvalue weighted by Gasteiger charge is -2.14. The largest absolute Gasteiger partial charge is 0.452 e. The van der Waals surface area contributed by atoms with E-state index in [0.717, 1.165) is 10.5 Å². The van der Waals surface area contributed by atoms with E-state index in [4.69, 9.17) is 27.9 Å². The zero-order valence-electron chi connectivity index (χ0n) is 13.7. The van der Waals surface area contributed by atoms with Crippen LogP contribution in [-0.4, -0.2) is 24.7 Å². The fourth-order valence-corrected chi connectivity index (χ4v) is 2.88. The summed E-state index contributed by atoms with van der Waals surface area (Å²) in [6.07, 6.45) is 1.89. The Kier molecular flexibility index (Phi) is 7.17. The summed E-state index contributed by atoms with van der Waals surface area (Å²) in [6, 6.07) is 12.0. The second-order valence-electron chi connectivity index (χ2n) is 5.26. The third kappa shape index (κ3) is 5.66. The van der Waals surface area contributed by atoms with Crippen molar-refractivity contribution in [2.75, 3.05) is 12.9 Å². The summed E-state index contributed by atoms with van der Waals surface area (Å²) in [7, 11) is 0. The van der Waals surface area contributed by atoms with Crippen molar-refractivity contribution in [3.8, 4) is 0 Å². The Balaban J connectivity index is 1.91. The molecular formula is C18H17Cl2NO3S. The van der Waals surface area contributed by atoms with Crippen LogP contribution < -0.4 is 5.32 Å². The molecular weight excluding hydrogens is 381 g/mol. The highest BCUT2D eigenvalue weighted by Gasteiger charge is 2.16. The Labute approximate surface area is 160 Å². The third-order valence-corrected chi connectivity index (χ3v) is 4.78. The SMILES string of the molecule is CSc1ccc(Cl)c(C(=O)OCC(=O)N[C@@H](C)c2ccc(Cl)cc2)c1. The van der Waals surface area contributed by atoms with Gasteiger partial charge >= 0.3 is 5.97 Å². The highest BCUT2D eigenvalue weighted by molar-refractivity contribution is 7.98. The average Bonchev–Trinajstić information content (AvgIpc) is 2.60. The Hall–Kier alpha value is -1.69. The van der Waals surface area contributed by atoms with E-state index in [0.29, 0.717) is 5.02 Å². The van der Waals surface area contributed by atoms with Crippen molar-refractivity contribution in [3.05, 3.63) is 63.6 Å². The molecule has 0 unspecified atom stereocenters. The minimum absolute atomic E-state index is 0.230. The fraction of sp³-hybridized carbons (Fsp3) is 0.222. The molecule has 0 bridgehead atoms. The van der Waals surface area contributed by atoms with Crippen LogP contribution in [0.5, 0.6) is 0 Å². The number of ether oxygens (including phenoxy) is 1. The standard InChI is InChI=1S/C18H17Cl2NO3S/c1-11(12-3-5-13(19)6-4-12)21-17(22)10-24-18(23)15-9-14(25-2)7-8-16(15)20/h3-9,11H,10H2,1-2H3,(H,21,22)/t11-/m0/s1. The van der Waals surface area contributed by atoms with Crippen molar-refractivity contribution in [1.29, 1.82) is 0 Å². The van der Waals surface area contributed by atoms with Crippen LogP contribution in [0.3, 0.4) is 0 Å². The van der Waals surface area contributed by atoms with E-state index in [1.807, 2.05) is 31.4 Å². The lowest BCUT2D eigenvalue weighted by Crippen LogP contribution is -2.31. The molecule has 0 aromatic heterocycles. The van der Waals surface area contributed by atoms with Crippen LogP contribution in [0.25, 0.3) is 0 Å². The van der Waals surface area contributed by atoms with Gasteiger partial charge in [-0.1, -0.05) is 35.3 Å². The second kappa shape index (κ2) is 9.13. The Morgan fingerprint density at radius 2 is 1.84 bits per heavy atom. The molecule has 0 radical (unpaired) electrons. The fourth-order valence-electron chi connectivity index (χ4n) is 2.11. The monoisotopic (exact) mass is 397 g/mol. The molecule has 0 aliphatic rings. The number of rotatable bonds is 6. The predicted molar refractivity (Wildman–Crippen MR) is 102 cm³/mol. The smallest absolute Gasteiger partial charge is 0.340 e. The topological polar surface area (TPSA) is 55.4 Å². The normalized spacial score (nSPS) is 11.7. The third-order valence-electron chi connectivity index (χ3n) is 3.48. The first-order valence-corrected chi connectivity index (χ1v) is 9.44. The van der Waals surface area contributed by atoms with Crippen molar-refractivity contribution in [2.45, 2.75) is 17.9 Å². The van der Waals surface area contributed by atoms with Crippen molar-refractivity contribution < 1.29 is 14.3 Å². The lowest BCUT2D eigenvalue weighted by molar-refractivity contribution is -0.124. The zero-order valence-corrected chi connectivity index (χ0v) is 16.0. The van der Waals surface area contributed by atoms with Crippen molar-refractivity contribution in [3.63, 3.8) is 0 Å². The molecule has 0 saturated carbocycles. The highest BCUT2D eigenvalue weighted by atomic mass is 35.5. The van der Waals surface area contributed by atoms with Crippen LogP contribution >= 0.6 is 35.0 Å². The van der Waals surface area contributed by atoms with E-state index in [1.165, 1.54) is 11.8 Å². The van der Waals surface area contributed by atoms with E-state index in [1.54, 1.807) is 24.3 Å². The van der Waals surface area contributed by atoms with E-state index in [9.17, 15) is 9.59 Å². The summed E-state index contributed by atoms with van der Waals surface area (Å²) < 4.78 is 5.06. The number of amides is 1. The van der Waals surface area contributed by atoms with Crippen LogP contribution in [0, 0.1) is 0 Å². The molecule has 25 heavy (non-hydrogen) atoms. The highest BCUT2D eigenvalue weighted by Crippen LogP contribution is 2.23. The van der Waals surface area contributed by atoms with Crippen LogP contribution in [0.15, 0.2) is 47.4 Å². The average molecular weight is 398 g/mol. The zero-order chi connectivity index (χ0) is 18.4. The van der Waals surface area contributed by atoms with Crippen LogP contribution in [0.1, 0.15) is 28.9 Å². The number of carbonyl (C=O) groups is 2. The molecule has 0 spiro atoms. The maximum Gasteiger partial charge on any atom is 0.340 e. The number of carbonyl (C=O) groups excluding carboxylic acids is 2. The quantitative estimate of drug-likeness (QED) is 0.564. The molecule has 0 aliphatic heterocycles. The van der Waals surface area contributed by atoms with Gasteiger partial charge in [0, 0.05) is 9.92 Å². The summed E-state index contributed by atoms with van der Waals surface area (Å²) in [4.78, 5) is 25.0. The second-order valence-corrected chi connectivity index (χ2v) is 6.99. The summed E-state index contributed by atoms with van der Waals surface area (Å²) in [5.41, 5.74) is 1.15. The van der Waals surface area contributed by atoms with Gasteiger partial charge in [-0.2, -0.15) is 0 Å². The molecule has 0 fully saturated rings. The van der Waals surface area contributed by atoms with E-state index in [2.05, 4.69) is 5.32 Å². The van der Waals surface area contributed by atoms with Gasteiger partial charge < -0.3 is 10.1 Å². The van der Waals surface area contributed by atoms with E-state index < -0.39 is 11.9 Å². The van der Waals surface area contributed by atoms with Crippen molar-refractivity contribution >= 4 is 46.8 Å². The summed E-state index contributed by atoms with van der Waals surface area (Å²) >= 11 is 13.3. The van der Waals surface area contributed by atoms with Gasteiger partial charge in [0.1, 0.15) is 0 Å². The van der Waals surface area contributed by atoms with Crippen molar-refractivity contribution in [1.82, 2.24) is 5.32 Å². The van der Waals surface area contributed by atoms with Gasteiger partial charge in [-0.05, 0) is 49.1 Å². The van der Waals surface area contributed by atoms with Gasteiger partial charge in [-0.15, -0.1) is 11.8 Å². The number of halogens is 2. The van der Waals surface area contributed by atoms with Crippen LogP contribution in [0.2, 0.25) is 10.0 Å². The number of thioether (sulfide) groups is 1. The van der Waals surface area contributed by atoms with Gasteiger partial charge in [0.15, 0.2) is 6.61 Å². The molecule has 1 amide bonds. The van der Waals surface area contributed by atoms with Crippen LogP contribution in [0.4, 0.5) is 0 Å². The lowest BCUT2D eigenvalue weighted by atomic mass is 10.1. The Morgan fingerprint density at radius 1 is 1.16 bits per heavy atom. The van der Waals surface area contributed by atoms with E-state index >= 15 is 0 Å². The molecule has 0 saturated heterocycles. The first kappa shape index (κ1) is 19.6. The maximum atomic E-state index is 12.1. The van der Waals surface area contributed by atoms with Gasteiger partial charge in [-0.3, -0.25) is 4.79 Å². The Morgan fingerprint density at radius 3 is 2.48 bits per heavy atom. The molecule has 0 heterocycles. The number of hydrogen-bond donors (Lipinski definition) is 1. The Bertz CT molecular complexity index is 765. The summed E-state index contributed by atoms with van der Waals surface area (Å²) in [5, 5.41) is 3.68. The van der Waals surface area contributed by atoms with Crippen molar-refractivity contribution in [2.24, 2.45) is 0 Å². The van der Waals surface area contributed by atoms with E-state index in [-0.39, 0.29) is 23.2 Å². The minimum Gasteiger partial charge on any atom is -0.452 e. The summed E-state index contributed by atoms with van der Waals surface area (Å²) in [5.74, 6) is -1.02. The predicted octanol–water partition coefficient (Wildman–Crippen LogP) is 4.75. The molecule has 4 nitrogen and oxygen atoms in total. The number of nitrogens with one attached hydrogen (secondary N) is 1. The number of hydrogen-bond acceptors (Lipinski definition) is 4. The minimum atomic E-state index is -0.629. The van der Waals surface area contributed by atoms with Gasteiger partial charge in [0.05, 0.1) is 16.6 Å². The van der Waals surface area contributed by atoms with Gasteiger partial charge in [-0.25, -0.2) is 4.79 Å². The molecule has 0 aliphatic carbocycles.